The van der Waals surface area contributed by atoms with Gasteiger partial charge in [0.05, 0.1) is 6.61 Å². The normalized spacial score (nSPS) is 11.1. The highest BCUT2D eigenvalue weighted by atomic mass is 16.5. The van der Waals surface area contributed by atoms with Gasteiger partial charge in [0.2, 0.25) is 5.91 Å². The second kappa shape index (κ2) is 23.6. The lowest BCUT2D eigenvalue weighted by molar-refractivity contribution is -0.132. The number of unbranched alkanes of at least 4 members (excludes halogenated alkanes) is 14. The molecule has 0 saturated heterocycles. The van der Waals surface area contributed by atoms with E-state index in [2.05, 4.69) is 18.7 Å². The number of carbonyl (C=O) groups is 2. The van der Waals surface area contributed by atoms with E-state index in [9.17, 15) is 9.59 Å². The molecule has 0 spiro atoms. The number of hydrogen-bond acceptors (Lipinski definition) is 3. The van der Waals surface area contributed by atoms with Crippen molar-refractivity contribution in [2.45, 2.75) is 148 Å². The number of hydrogen-bond donors (Lipinski definition) is 0. The summed E-state index contributed by atoms with van der Waals surface area (Å²) in [5.41, 5.74) is 0. The van der Waals surface area contributed by atoms with Gasteiger partial charge in [0.25, 0.3) is 6.47 Å². The van der Waals surface area contributed by atoms with Gasteiger partial charge in [-0.1, -0.05) is 110 Å². The first kappa shape index (κ1) is 29.9. The van der Waals surface area contributed by atoms with E-state index in [-0.39, 0.29) is 0 Å². The van der Waals surface area contributed by atoms with Crippen molar-refractivity contribution in [2.24, 2.45) is 0 Å². The highest BCUT2D eigenvalue weighted by Crippen LogP contribution is 2.19. The second-order valence-electron chi connectivity index (χ2n) is 9.26. The summed E-state index contributed by atoms with van der Waals surface area (Å²) in [7, 11) is 2.04. The van der Waals surface area contributed by atoms with Crippen LogP contribution < -0.4 is 0 Å². The van der Waals surface area contributed by atoms with Gasteiger partial charge in [-0.3, -0.25) is 9.59 Å². The Labute approximate surface area is 193 Å². The van der Waals surface area contributed by atoms with Crippen LogP contribution in [0, 0.1) is 0 Å². The highest BCUT2D eigenvalue weighted by molar-refractivity contribution is 5.76. The standard InChI is InChI=1S/C27H53NO3/c1-4-6-8-10-13-17-21-26(22-18-14-11-9-7-5-2)28(3)27(30)23-19-15-12-16-20-24-31-25-29/h25-26H,4-24H2,1-3H3. The molecule has 4 nitrogen and oxygen atoms in total. The minimum absolute atomic E-state index is 0.325. The van der Waals surface area contributed by atoms with Crippen LogP contribution in [0.15, 0.2) is 0 Å². The summed E-state index contributed by atoms with van der Waals surface area (Å²) in [5, 5.41) is 0. The molecule has 0 aliphatic heterocycles. The van der Waals surface area contributed by atoms with E-state index in [1.807, 2.05) is 7.05 Å². The van der Waals surface area contributed by atoms with E-state index in [0.717, 1.165) is 32.1 Å². The molecule has 0 fully saturated rings. The average Bonchev–Trinajstić information content (AvgIpc) is 2.78. The molecule has 0 N–H and O–H groups in total. The third-order valence-electron chi connectivity index (χ3n) is 6.44. The summed E-state index contributed by atoms with van der Waals surface area (Å²) < 4.78 is 4.71. The van der Waals surface area contributed by atoms with Crippen LogP contribution in [-0.2, 0) is 14.3 Å². The van der Waals surface area contributed by atoms with Crippen molar-refractivity contribution < 1.29 is 14.3 Å². The van der Waals surface area contributed by atoms with Crippen LogP contribution in [0.1, 0.15) is 142 Å². The smallest absolute Gasteiger partial charge is 0.293 e. The minimum atomic E-state index is 0.325. The first-order chi connectivity index (χ1) is 15.2. The largest absolute Gasteiger partial charge is 0.468 e. The molecule has 0 aliphatic carbocycles. The summed E-state index contributed by atoms with van der Waals surface area (Å²) in [5.74, 6) is 0.325. The lowest BCUT2D eigenvalue weighted by Crippen LogP contribution is -2.37. The molecule has 0 unspecified atom stereocenters. The van der Waals surface area contributed by atoms with E-state index in [4.69, 9.17) is 4.74 Å². The molecule has 0 saturated carbocycles. The predicted octanol–water partition coefficient (Wildman–Crippen LogP) is 7.83. The van der Waals surface area contributed by atoms with Crippen molar-refractivity contribution in [3.63, 3.8) is 0 Å². The van der Waals surface area contributed by atoms with Crippen molar-refractivity contribution in [3.8, 4) is 0 Å². The van der Waals surface area contributed by atoms with Gasteiger partial charge in [-0.05, 0) is 25.7 Å². The minimum Gasteiger partial charge on any atom is -0.468 e. The van der Waals surface area contributed by atoms with Crippen LogP contribution >= 0.6 is 0 Å². The third-order valence-corrected chi connectivity index (χ3v) is 6.44. The molecular weight excluding hydrogens is 386 g/mol. The molecule has 0 radical (unpaired) electrons. The number of rotatable bonds is 24. The van der Waals surface area contributed by atoms with Gasteiger partial charge < -0.3 is 9.64 Å². The molecule has 0 aromatic rings. The zero-order chi connectivity index (χ0) is 23.0. The van der Waals surface area contributed by atoms with Gasteiger partial charge >= 0.3 is 0 Å². The maximum absolute atomic E-state index is 12.8. The number of ether oxygens (including phenoxy) is 1. The van der Waals surface area contributed by atoms with E-state index in [1.54, 1.807) is 0 Å². The lowest BCUT2D eigenvalue weighted by atomic mass is 9.98. The molecule has 0 heterocycles. The highest BCUT2D eigenvalue weighted by Gasteiger charge is 2.19. The van der Waals surface area contributed by atoms with Gasteiger partial charge in [-0.15, -0.1) is 0 Å². The zero-order valence-corrected chi connectivity index (χ0v) is 21.2. The Kier molecular flexibility index (Phi) is 22.8. The SMILES string of the molecule is CCCCCCCCC(CCCCCCCC)N(C)C(=O)CCCCCCCOC=O. The molecule has 184 valence electrons. The number of amides is 1. The Morgan fingerprint density at radius 2 is 1.16 bits per heavy atom. The summed E-state index contributed by atoms with van der Waals surface area (Å²) >= 11 is 0. The average molecular weight is 440 g/mol. The Morgan fingerprint density at radius 1 is 0.710 bits per heavy atom. The van der Waals surface area contributed by atoms with E-state index < -0.39 is 0 Å². The quantitative estimate of drug-likeness (QED) is 0.114. The molecule has 0 aromatic carbocycles. The van der Waals surface area contributed by atoms with Crippen molar-refractivity contribution in [1.82, 2.24) is 4.90 Å². The van der Waals surface area contributed by atoms with Crippen LogP contribution in [0.3, 0.4) is 0 Å². The third kappa shape index (κ3) is 19.4. The van der Waals surface area contributed by atoms with Crippen molar-refractivity contribution >= 4 is 12.4 Å². The fraction of sp³-hybridized carbons (Fsp3) is 0.926. The van der Waals surface area contributed by atoms with Crippen molar-refractivity contribution in [3.05, 3.63) is 0 Å². The second-order valence-corrected chi connectivity index (χ2v) is 9.26. The monoisotopic (exact) mass is 439 g/mol. The van der Waals surface area contributed by atoms with Gasteiger partial charge in [-0.2, -0.15) is 0 Å². The summed E-state index contributed by atoms with van der Waals surface area (Å²) in [6, 6.07) is 0.422. The van der Waals surface area contributed by atoms with Gasteiger partial charge in [0, 0.05) is 19.5 Å². The molecule has 4 heteroatoms. The predicted molar refractivity (Wildman–Crippen MR) is 132 cm³/mol. The molecule has 1 amide bonds. The fourth-order valence-corrected chi connectivity index (χ4v) is 4.27. The zero-order valence-electron chi connectivity index (χ0n) is 21.2. The Morgan fingerprint density at radius 3 is 1.68 bits per heavy atom. The van der Waals surface area contributed by atoms with Crippen molar-refractivity contribution in [2.75, 3.05) is 13.7 Å². The Bertz CT molecular complexity index is 384. The van der Waals surface area contributed by atoms with Crippen LogP contribution in [0.4, 0.5) is 0 Å². The van der Waals surface area contributed by atoms with E-state index in [0.29, 0.717) is 31.4 Å². The Balaban J connectivity index is 4.19. The van der Waals surface area contributed by atoms with E-state index >= 15 is 0 Å². The van der Waals surface area contributed by atoms with Crippen LogP contribution in [0.5, 0.6) is 0 Å². The maximum Gasteiger partial charge on any atom is 0.293 e. The van der Waals surface area contributed by atoms with Gasteiger partial charge in [-0.25, -0.2) is 0 Å². The molecular formula is C27H53NO3. The first-order valence-electron chi connectivity index (χ1n) is 13.5. The summed E-state index contributed by atoms with van der Waals surface area (Å²) in [4.78, 5) is 25.0. The van der Waals surface area contributed by atoms with Crippen LogP contribution in [0.2, 0.25) is 0 Å². The maximum atomic E-state index is 12.8. The molecule has 0 atom stereocenters. The van der Waals surface area contributed by atoms with Gasteiger partial charge in [0.1, 0.15) is 0 Å². The number of nitrogens with zero attached hydrogens (tertiary/aromatic N) is 1. The molecule has 0 aromatic heterocycles. The lowest BCUT2D eigenvalue weighted by Gasteiger charge is -2.29. The van der Waals surface area contributed by atoms with Crippen molar-refractivity contribution in [1.29, 1.82) is 0 Å². The molecule has 0 rings (SSSR count). The first-order valence-corrected chi connectivity index (χ1v) is 13.5. The molecule has 31 heavy (non-hydrogen) atoms. The van der Waals surface area contributed by atoms with Crippen LogP contribution in [-0.4, -0.2) is 37.0 Å². The van der Waals surface area contributed by atoms with Gasteiger partial charge in [0.15, 0.2) is 0 Å². The fourth-order valence-electron chi connectivity index (χ4n) is 4.27. The van der Waals surface area contributed by atoms with E-state index in [1.165, 1.54) is 89.9 Å². The topological polar surface area (TPSA) is 46.6 Å². The molecule has 0 bridgehead atoms. The number of carbonyl (C=O) groups excluding carboxylic acids is 2. The summed E-state index contributed by atoms with van der Waals surface area (Å²) in [6.07, 6.45) is 24.0. The summed E-state index contributed by atoms with van der Waals surface area (Å²) in [6.45, 7) is 5.56. The Hall–Kier alpha value is -1.06. The molecule has 0 aliphatic rings. The van der Waals surface area contributed by atoms with Crippen LogP contribution in [0.25, 0.3) is 0 Å².